The first kappa shape index (κ1) is 22.0. The molecule has 150 valence electrons. The fourth-order valence-corrected chi connectivity index (χ4v) is 3.93. The lowest BCUT2D eigenvalue weighted by Crippen LogP contribution is -2.45. The van der Waals surface area contributed by atoms with Crippen molar-refractivity contribution in [3.8, 4) is 12.1 Å². The summed E-state index contributed by atoms with van der Waals surface area (Å²) in [7, 11) is 0. The Morgan fingerprint density at radius 2 is 1.72 bits per heavy atom. The predicted molar refractivity (Wildman–Crippen MR) is 110 cm³/mol. The predicted octanol–water partition coefficient (Wildman–Crippen LogP) is 2.74. The molecule has 2 atom stereocenters. The maximum absolute atomic E-state index is 12.5. The Balaban J connectivity index is 2.13. The van der Waals surface area contributed by atoms with Gasteiger partial charge >= 0.3 is 0 Å². The first-order valence-corrected chi connectivity index (χ1v) is 9.68. The second-order valence-corrected chi connectivity index (χ2v) is 8.45. The zero-order valence-electron chi connectivity index (χ0n) is 16.5. The molecule has 0 fully saturated rings. The Morgan fingerprint density at radius 3 is 2.21 bits per heavy atom. The van der Waals surface area contributed by atoms with E-state index in [1.54, 1.807) is 45.0 Å². The molecule has 1 aliphatic rings. The van der Waals surface area contributed by atoms with Gasteiger partial charge in [-0.25, -0.2) is 0 Å². The van der Waals surface area contributed by atoms with Crippen LogP contribution in [0.2, 0.25) is 0 Å². The molecule has 1 aromatic carbocycles. The summed E-state index contributed by atoms with van der Waals surface area (Å²) in [6.45, 7) is 6.40. The van der Waals surface area contributed by atoms with Gasteiger partial charge in [0.05, 0.1) is 28.0 Å². The second kappa shape index (κ2) is 8.80. The van der Waals surface area contributed by atoms with Gasteiger partial charge in [-0.1, -0.05) is 25.6 Å². The molecule has 3 N–H and O–H groups in total. The van der Waals surface area contributed by atoms with Crippen molar-refractivity contribution < 1.29 is 14.4 Å². The summed E-state index contributed by atoms with van der Waals surface area (Å²) in [5.74, 6) is -1.97. The van der Waals surface area contributed by atoms with Crippen LogP contribution < -0.4 is 16.0 Å². The van der Waals surface area contributed by atoms with Gasteiger partial charge < -0.3 is 16.0 Å². The number of carbonyl (C=O) groups excluding carboxylic acids is 3. The Bertz CT molecular complexity index is 954. The summed E-state index contributed by atoms with van der Waals surface area (Å²) in [6.07, 6.45) is 0. The quantitative estimate of drug-likeness (QED) is 0.682. The fourth-order valence-electron chi connectivity index (χ4n) is 2.83. The molecule has 9 heteroatoms. The molecule has 2 rings (SSSR count). The third kappa shape index (κ3) is 4.95. The molecule has 0 saturated carbocycles. The maximum Gasteiger partial charge on any atom is 0.243 e. The van der Waals surface area contributed by atoms with Gasteiger partial charge in [-0.15, -0.1) is 0 Å². The highest BCUT2D eigenvalue weighted by Crippen LogP contribution is 2.42. The van der Waals surface area contributed by atoms with E-state index in [-0.39, 0.29) is 22.4 Å². The van der Waals surface area contributed by atoms with Crippen LogP contribution >= 0.6 is 11.8 Å². The highest BCUT2D eigenvalue weighted by atomic mass is 32.2. The van der Waals surface area contributed by atoms with Crippen LogP contribution in [0.4, 0.5) is 11.4 Å². The third-order valence-electron chi connectivity index (χ3n) is 4.47. The summed E-state index contributed by atoms with van der Waals surface area (Å²) in [4.78, 5) is 35.8. The Kier molecular flexibility index (Phi) is 6.68. The largest absolute Gasteiger partial charge is 0.326 e. The van der Waals surface area contributed by atoms with Crippen molar-refractivity contribution in [1.82, 2.24) is 5.32 Å². The van der Waals surface area contributed by atoms with Gasteiger partial charge in [0.25, 0.3) is 0 Å². The van der Waals surface area contributed by atoms with Crippen molar-refractivity contribution in [3.63, 3.8) is 0 Å². The molecule has 0 saturated heterocycles. The molecular formula is C20H21N5O3S. The molecule has 1 aliphatic heterocycles. The lowest BCUT2D eigenvalue weighted by atomic mass is 9.72. The first-order chi connectivity index (χ1) is 13.6. The van der Waals surface area contributed by atoms with Gasteiger partial charge in [-0.05, 0) is 31.2 Å². The van der Waals surface area contributed by atoms with Crippen LogP contribution in [0.25, 0.3) is 0 Å². The lowest BCUT2D eigenvalue weighted by Gasteiger charge is -2.35. The van der Waals surface area contributed by atoms with Crippen molar-refractivity contribution in [1.29, 1.82) is 10.5 Å². The number of allylic oxidation sites excluding steroid dienone is 1. The normalized spacial score (nSPS) is 18.7. The van der Waals surface area contributed by atoms with E-state index in [1.807, 2.05) is 6.07 Å². The van der Waals surface area contributed by atoms with Crippen LogP contribution in [-0.2, 0) is 14.4 Å². The van der Waals surface area contributed by atoms with E-state index in [9.17, 15) is 24.9 Å². The number of amides is 3. The summed E-state index contributed by atoms with van der Waals surface area (Å²) in [5, 5.41) is 26.5. The fraction of sp³-hybridized carbons (Fsp3) is 0.350. The summed E-state index contributed by atoms with van der Waals surface area (Å²) in [6, 6.07) is 10.7. The number of nitrogens with zero attached hydrogens (tertiary/aromatic N) is 2. The van der Waals surface area contributed by atoms with Crippen molar-refractivity contribution >= 4 is 40.9 Å². The first-order valence-electron chi connectivity index (χ1n) is 8.80. The number of anilines is 2. The minimum absolute atomic E-state index is 0.190. The molecule has 0 spiro atoms. The molecule has 8 nitrogen and oxygen atoms in total. The Labute approximate surface area is 173 Å². The zero-order valence-corrected chi connectivity index (χ0v) is 17.3. The molecule has 0 radical (unpaired) electrons. The molecule has 1 aromatic rings. The SMILES string of the molecule is CC(=O)Nc1ccc(NC(=O)[C@@H](C)SC2=C(C#N)C(C)(C)[C@@H](C#N)C(=O)N2)cc1. The van der Waals surface area contributed by atoms with Gasteiger partial charge in [-0.2, -0.15) is 10.5 Å². The van der Waals surface area contributed by atoms with Crippen LogP contribution in [0.1, 0.15) is 27.7 Å². The van der Waals surface area contributed by atoms with Gasteiger partial charge in [-0.3, -0.25) is 14.4 Å². The average molecular weight is 411 g/mol. The van der Waals surface area contributed by atoms with E-state index >= 15 is 0 Å². The number of thioether (sulfide) groups is 1. The van der Waals surface area contributed by atoms with E-state index in [0.29, 0.717) is 11.4 Å². The molecule has 0 unspecified atom stereocenters. The van der Waals surface area contributed by atoms with Crippen molar-refractivity contribution in [3.05, 3.63) is 34.9 Å². The highest BCUT2D eigenvalue weighted by molar-refractivity contribution is 8.04. The standard InChI is InChI=1S/C20H21N5O3S/c1-11(17(27)24-14-7-5-13(6-8-14)23-12(2)26)29-19-16(10-22)20(3,4)15(9-21)18(28)25-19/h5-8,11,15H,1-4H3,(H,23,26)(H,24,27)(H,25,28)/t11-,15+/m1/s1. The van der Waals surface area contributed by atoms with Crippen molar-refractivity contribution in [2.45, 2.75) is 32.9 Å². The summed E-state index contributed by atoms with van der Waals surface area (Å²) in [5.41, 5.74) is 0.474. The Morgan fingerprint density at radius 1 is 1.17 bits per heavy atom. The monoisotopic (exact) mass is 411 g/mol. The number of hydrogen-bond donors (Lipinski definition) is 3. The minimum Gasteiger partial charge on any atom is -0.326 e. The molecule has 3 amide bonds. The number of benzene rings is 1. The van der Waals surface area contributed by atoms with Crippen LogP contribution in [0.5, 0.6) is 0 Å². The Hall–Kier alpha value is -3.30. The highest BCUT2D eigenvalue weighted by Gasteiger charge is 2.45. The van der Waals surface area contributed by atoms with Crippen LogP contribution in [0.3, 0.4) is 0 Å². The summed E-state index contributed by atoms with van der Waals surface area (Å²) >= 11 is 1.06. The van der Waals surface area contributed by atoms with Crippen molar-refractivity contribution in [2.24, 2.45) is 11.3 Å². The number of hydrogen-bond acceptors (Lipinski definition) is 6. The van der Waals surface area contributed by atoms with E-state index in [1.165, 1.54) is 6.92 Å². The molecular weight excluding hydrogens is 390 g/mol. The van der Waals surface area contributed by atoms with Gasteiger partial charge in [0.2, 0.25) is 17.7 Å². The number of carbonyl (C=O) groups is 3. The van der Waals surface area contributed by atoms with Crippen molar-refractivity contribution in [2.75, 3.05) is 10.6 Å². The van der Waals surface area contributed by atoms with Crippen LogP contribution in [0, 0.1) is 34.0 Å². The summed E-state index contributed by atoms with van der Waals surface area (Å²) < 4.78 is 0. The van der Waals surface area contributed by atoms with Gasteiger partial charge in [0.1, 0.15) is 5.92 Å². The van der Waals surface area contributed by atoms with E-state index in [4.69, 9.17) is 0 Å². The molecule has 0 aromatic heterocycles. The van der Waals surface area contributed by atoms with Gasteiger partial charge in [0, 0.05) is 23.7 Å². The third-order valence-corrected chi connectivity index (χ3v) is 5.58. The molecule has 29 heavy (non-hydrogen) atoms. The second-order valence-electron chi connectivity index (χ2n) is 7.10. The number of nitriles is 2. The topological polar surface area (TPSA) is 135 Å². The molecule has 0 bridgehead atoms. The smallest absolute Gasteiger partial charge is 0.243 e. The van der Waals surface area contributed by atoms with E-state index in [2.05, 4.69) is 22.0 Å². The molecule has 1 heterocycles. The number of nitrogens with one attached hydrogen (secondary N) is 3. The maximum atomic E-state index is 12.5. The van der Waals surface area contributed by atoms with E-state index in [0.717, 1.165) is 11.8 Å². The molecule has 0 aliphatic carbocycles. The lowest BCUT2D eigenvalue weighted by molar-refractivity contribution is -0.125. The minimum atomic E-state index is -0.979. The van der Waals surface area contributed by atoms with Crippen LogP contribution in [0.15, 0.2) is 34.9 Å². The van der Waals surface area contributed by atoms with Gasteiger partial charge in [0.15, 0.2) is 0 Å². The van der Waals surface area contributed by atoms with Crippen LogP contribution in [-0.4, -0.2) is 23.0 Å². The zero-order chi connectivity index (χ0) is 21.8. The average Bonchev–Trinajstić information content (AvgIpc) is 2.62. The number of rotatable bonds is 5. The van der Waals surface area contributed by atoms with E-state index < -0.39 is 22.5 Å².